The summed E-state index contributed by atoms with van der Waals surface area (Å²) in [7, 11) is 0. The summed E-state index contributed by atoms with van der Waals surface area (Å²) in [4.78, 5) is 24.7. The third-order valence-electron chi connectivity index (χ3n) is 5.12. The normalized spacial score (nSPS) is 11.0. The van der Waals surface area contributed by atoms with Crippen molar-refractivity contribution in [3.8, 4) is 11.8 Å². The summed E-state index contributed by atoms with van der Waals surface area (Å²) < 4.78 is 14.6. The molecule has 34 heavy (non-hydrogen) atoms. The van der Waals surface area contributed by atoms with Gasteiger partial charge >= 0.3 is 0 Å². The summed E-state index contributed by atoms with van der Waals surface area (Å²) in [5.74, 6) is -0.614. The number of hydrogen-bond donors (Lipinski definition) is 3. The first kappa shape index (κ1) is 24.5. The van der Waals surface area contributed by atoms with Crippen LogP contribution in [0.1, 0.15) is 48.8 Å². The molecule has 0 unspecified atom stereocenters. The molecule has 0 saturated carbocycles. The average Bonchev–Trinajstić information content (AvgIpc) is 3.11. The molecule has 4 N–H and O–H groups in total. The van der Waals surface area contributed by atoms with Crippen LogP contribution in [-0.4, -0.2) is 28.1 Å². The SMILES string of the molecule is CC(C)(C)C(=O)Nc1cccc(C(=O)NCCCc2nn(-c3ccc(F)cc3)c(N)c2C#N)c1. The van der Waals surface area contributed by atoms with Crippen LogP contribution in [0.3, 0.4) is 0 Å². The van der Waals surface area contributed by atoms with E-state index in [2.05, 4.69) is 21.8 Å². The van der Waals surface area contributed by atoms with Gasteiger partial charge in [0.25, 0.3) is 5.91 Å². The number of nitriles is 1. The summed E-state index contributed by atoms with van der Waals surface area (Å²) in [6.45, 7) is 5.79. The number of nitrogens with one attached hydrogen (secondary N) is 2. The number of carbonyl (C=O) groups is 2. The lowest BCUT2D eigenvalue weighted by Gasteiger charge is -2.18. The topological polar surface area (TPSA) is 126 Å². The molecule has 3 aromatic rings. The fourth-order valence-electron chi connectivity index (χ4n) is 3.17. The van der Waals surface area contributed by atoms with Crippen LogP contribution in [0.15, 0.2) is 48.5 Å². The zero-order chi connectivity index (χ0) is 24.9. The molecular formula is C25H27FN6O2. The maximum Gasteiger partial charge on any atom is 0.251 e. The molecule has 0 radical (unpaired) electrons. The Kier molecular flexibility index (Phi) is 7.31. The molecule has 2 aromatic carbocycles. The van der Waals surface area contributed by atoms with Gasteiger partial charge in [-0.1, -0.05) is 26.8 Å². The molecule has 0 aliphatic heterocycles. The van der Waals surface area contributed by atoms with Crippen LogP contribution >= 0.6 is 0 Å². The highest BCUT2D eigenvalue weighted by molar-refractivity contribution is 5.98. The van der Waals surface area contributed by atoms with Gasteiger partial charge in [-0.15, -0.1) is 0 Å². The van der Waals surface area contributed by atoms with E-state index >= 15 is 0 Å². The van der Waals surface area contributed by atoms with Crippen molar-refractivity contribution in [2.24, 2.45) is 5.41 Å². The van der Waals surface area contributed by atoms with Crippen LogP contribution in [0, 0.1) is 22.6 Å². The van der Waals surface area contributed by atoms with E-state index in [1.807, 2.05) is 20.8 Å². The molecule has 1 heterocycles. The van der Waals surface area contributed by atoms with Crippen molar-refractivity contribution in [1.29, 1.82) is 5.26 Å². The lowest BCUT2D eigenvalue weighted by Crippen LogP contribution is -2.28. The van der Waals surface area contributed by atoms with Crippen molar-refractivity contribution < 1.29 is 14.0 Å². The van der Waals surface area contributed by atoms with Gasteiger partial charge in [0, 0.05) is 23.2 Å². The molecule has 2 amide bonds. The van der Waals surface area contributed by atoms with E-state index < -0.39 is 5.41 Å². The molecule has 3 rings (SSSR count). The number of amides is 2. The largest absolute Gasteiger partial charge is 0.382 e. The maximum absolute atomic E-state index is 13.2. The predicted octanol–water partition coefficient (Wildman–Crippen LogP) is 3.81. The number of nitrogens with zero attached hydrogens (tertiary/aromatic N) is 3. The molecule has 1 aromatic heterocycles. The molecule has 0 spiro atoms. The number of carbonyl (C=O) groups excluding carboxylic acids is 2. The Morgan fingerprint density at radius 1 is 1.18 bits per heavy atom. The summed E-state index contributed by atoms with van der Waals surface area (Å²) in [5, 5.41) is 19.5. The van der Waals surface area contributed by atoms with Crippen molar-refractivity contribution in [3.63, 3.8) is 0 Å². The molecular weight excluding hydrogens is 435 g/mol. The van der Waals surface area contributed by atoms with Crippen molar-refractivity contribution in [1.82, 2.24) is 15.1 Å². The number of nitrogens with two attached hydrogens (primary N) is 1. The van der Waals surface area contributed by atoms with Crippen molar-refractivity contribution in [2.45, 2.75) is 33.6 Å². The third-order valence-corrected chi connectivity index (χ3v) is 5.12. The van der Waals surface area contributed by atoms with Gasteiger partial charge in [-0.05, 0) is 55.3 Å². The standard InChI is InChI=1S/C25H27FN6O2/c1-25(2,3)24(34)30-18-7-4-6-16(14-18)23(33)29-13-5-8-21-20(15-27)22(28)32(31-21)19-11-9-17(26)10-12-19/h4,6-7,9-12,14H,5,8,13,28H2,1-3H3,(H,29,33)(H,30,34). The fourth-order valence-corrected chi connectivity index (χ4v) is 3.17. The molecule has 9 heteroatoms. The van der Waals surface area contributed by atoms with Crippen molar-refractivity contribution in [2.75, 3.05) is 17.6 Å². The second-order valence-electron chi connectivity index (χ2n) is 8.85. The molecule has 8 nitrogen and oxygen atoms in total. The van der Waals surface area contributed by atoms with Crippen LogP contribution in [0.2, 0.25) is 0 Å². The maximum atomic E-state index is 13.2. The Bertz CT molecular complexity index is 1240. The Labute approximate surface area is 197 Å². The number of anilines is 2. The van der Waals surface area contributed by atoms with E-state index in [0.717, 1.165) is 0 Å². The summed E-state index contributed by atoms with van der Waals surface area (Å²) in [6, 6.07) is 14.4. The first-order valence-electron chi connectivity index (χ1n) is 10.8. The van der Waals surface area contributed by atoms with Gasteiger partial charge in [0.05, 0.1) is 11.4 Å². The molecule has 0 atom stereocenters. The molecule has 0 saturated heterocycles. The summed E-state index contributed by atoms with van der Waals surface area (Å²) in [5.41, 5.74) is 7.82. The minimum absolute atomic E-state index is 0.141. The first-order valence-corrected chi connectivity index (χ1v) is 10.8. The summed E-state index contributed by atoms with van der Waals surface area (Å²) >= 11 is 0. The van der Waals surface area contributed by atoms with E-state index in [1.165, 1.54) is 28.9 Å². The van der Waals surface area contributed by atoms with Crippen LogP contribution < -0.4 is 16.4 Å². The number of rotatable bonds is 7. The quantitative estimate of drug-likeness (QED) is 0.460. The summed E-state index contributed by atoms with van der Waals surface area (Å²) in [6.07, 6.45) is 0.948. The lowest BCUT2D eigenvalue weighted by molar-refractivity contribution is -0.123. The molecule has 0 aliphatic rings. The highest BCUT2D eigenvalue weighted by Crippen LogP contribution is 2.22. The van der Waals surface area contributed by atoms with Crippen molar-refractivity contribution in [3.05, 3.63) is 71.2 Å². The molecule has 176 valence electrons. The van der Waals surface area contributed by atoms with Crippen LogP contribution in [0.25, 0.3) is 5.69 Å². The number of halogens is 1. The zero-order valence-electron chi connectivity index (χ0n) is 19.4. The van der Waals surface area contributed by atoms with Gasteiger partial charge < -0.3 is 16.4 Å². The third kappa shape index (κ3) is 5.78. The smallest absolute Gasteiger partial charge is 0.251 e. The van der Waals surface area contributed by atoms with Gasteiger partial charge in [-0.3, -0.25) is 9.59 Å². The highest BCUT2D eigenvalue weighted by Gasteiger charge is 2.21. The number of benzene rings is 2. The number of hydrogen-bond acceptors (Lipinski definition) is 5. The minimum atomic E-state index is -0.548. The van der Waals surface area contributed by atoms with Gasteiger partial charge in [0.15, 0.2) is 0 Å². The second kappa shape index (κ2) is 10.2. The molecule has 0 bridgehead atoms. The molecule has 0 fully saturated rings. The Morgan fingerprint density at radius 2 is 1.88 bits per heavy atom. The minimum Gasteiger partial charge on any atom is -0.382 e. The first-order chi connectivity index (χ1) is 16.1. The average molecular weight is 463 g/mol. The van der Waals surface area contributed by atoms with Crippen molar-refractivity contribution >= 4 is 23.3 Å². The Morgan fingerprint density at radius 3 is 2.53 bits per heavy atom. The van der Waals surface area contributed by atoms with Gasteiger partial charge in [0.1, 0.15) is 23.3 Å². The fraction of sp³-hybridized carbons (Fsp3) is 0.280. The van der Waals surface area contributed by atoms with Gasteiger partial charge in [-0.2, -0.15) is 10.4 Å². The van der Waals surface area contributed by atoms with Crippen LogP contribution in [0.4, 0.5) is 15.9 Å². The number of aryl methyl sites for hydroxylation is 1. The monoisotopic (exact) mass is 462 g/mol. The van der Waals surface area contributed by atoms with Crippen LogP contribution in [0.5, 0.6) is 0 Å². The Hall–Kier alpha value is -4.19. The lowest BCUT2D eigenvalue weighted by atomic mass is 9.95. The zero-order valence-corrected chi connectivity index (χ0v) is 19.4. The van der Waals surface area contributed by atoms with Gasteiger partial charge in [0.2, 0.25) is 5.91 Å². The van der Waals surface area contributed by atoms with E-state index in [4.69, 9.17) is 5.73 Å². The predicted molar refractivity (Wildman–Crippen MR) is 128 cm³/mol. The van der Waals surface area contributed by atoms with E-state index in [9.17, 15) is 19.2 Å². The van der Waals surface area contributed by atoms with E-state index in [1.54, 1.807) is 24.3 Å². The second-order valence-corrected chi connectivity index (χ2v) is 8.85. The van der Waals surface area contributed by atoms with Crippen LogP contribution in [-0.2, 0) is 11.2 Å². The van der Waals surface area contributed by atoms with Gasteiger partial charge in [-0.25, -0.2) is 9.07 Å². The molecule has 0 aliphatic carbocycles. The number of aromatic nitrogens is 2. The number of nitrogen functional groups attached to an aromatic ring is 1. The highest BCUT2D eigenvalue weighted by atomic mass is 19.1. The van der Waals surface area contributed by atoms with E-state index in [-0.39, 0.29) is 29.0 Å². The Balaban J connectivity index is 1.60. The van der Waals surface area contributed by atoms with E-state index in [0.29, 0.717) is 42.0 Å².